The molecule has 0 saturated heterocycles. The third-order valence-corrected chi connectivity index (χ3v) is 2.17. The molecule has 79 valence electrons. The van der Waals surface area contributed by atoms with Gasteiger partial charge in [-0.15, -0.1) is 0 Å². The Morgan fingerprint density at radius 2 is 2.12 bits per heavy atom. The van der Waals surface area contributed by atoms with Crippen LogP contribution in [0.15, 0.2) is 42.5 Å². The van der Waals surface area contributed by atoms with Gasteiger partial charge >= 0.3 is 0 Å². The van der Waals surface area contributed by atoms with Crippen molar-refractivity contribution in [3.8, 4) is 11.1 Å². The molecule has 0 amide bonds. The Bertz CT molecular complexity index is 540. The summed E-state index contributed by atoms with van der Waals surface area (Å²) < 4.78 is 13.0. The minimum atomic E-state index is -0.503. The van der Waals surface area contributed by atoms with Gasteiger partial charge in [0.25, 0.3) is 5.69 Å². The van der Waals surface area contributed by atoms with Gasteiger partial charge in [-0.3, -0.25) is 10.1 Å². The van der Waals surface area contributed by atoms with Crippen LogP contribution in [0.4, 0.5) is 10.1 Å². The standard InChI is InChI=1S/C12H7FNO2/c13-10-5-3-4-9(8-10)11-6-1-2-7-12(11)14(15)16/h1,3-8H. The first-order valence-electron chi connectivity index (χ1n) is 4.59. The van der Waals surface area contributed by atoms with Gasteiger partial charge < -0.3 is 0 Å². The highest BCUT2D eigenvalue weighted by Crippen LogP contribution is 2.29. The van der Waals surface area contributed by atoms with Crippen LogP contribution < -0.4 is 0 Å². The quantitative estimate of drug-likeness (QED) is 0.571. The van der Waals surface area contributed by atoms with Gasteiger partial charge in [0, 0.05) is 6.07 Å². The van der Waals surface area contributed by atoms with Gasteiger partial charge in [0.15, 0.2) is 0 Å². The van der Waals surface area contributed by atoms with Crippen LogP contribution >= 0.6 is 0 Å². The molecule has 2 aromatic rings. The molecule has 0 N–H and O–H groups in total. The third kappa shape index (κ3) is 1.91. The summed E-state index contributed by atoms with van der Waals surface area (Å²) in [6.45, 7) is 0. The van der Waals surface area contributed by atoms with E-state index >= 15 is 0 Å². The fourth-order valence-electron chi connectivity index (χ4n) is 1.47. The van der Waals surface area contributed by atoms with E-state index in [2.05, 4.69) is 6.07 Å². The van der Waals surface area contributed by atoms with Gasteiger partial charge in [-0.05, 0) is 29.8 Å². The Balaban J connectivity index is 2.60. The van der Waals surface area contributed by atoms with Crippen molar-refractivity contribution in [1.82, 2.24) is 0 Å². The van der Waals surface area contributed by atoms with Crippen LogP contribution in [-0.4, -0.2) is 4.92 Å². The van der Waals surface area contributed by atoms with E-state index in [9.17, 15) is 14.5 Å². The SMILES string of the molecule is O=[N+]([O-])c1c[c]ccc1-c1cccc(F)c1. The molecule has 16 heavy (non-hydrogen) atoms. The summed E-state index contributed by atoms with van der Waals surface area (Å²) in [5.41, 5.74) is 0.803. The summed E-state index contributed by atoms with van der Waals surface area (Å²) in [6, 6.07) is 12.7. The summed E-state index contributed by atoms with van der Waals surface area (Å²) >= 11 is 0. The van der Waals surface area contributed by atoms with Crippen molar-refractivity contribution in [2.24, 2.45) is 0 Å². The Morgan fingerprint density at radius 3 is 2.81 bits per heavy atom. The van der Waals surface area contributed by atoms with Crippen molar-refractivity contribution in [3.05, 3.63) is 64.5 Å². The van der Waals surface area contributed by atoms with Gasteiger partial charge in [0.05, 0.1) is 10.5 Å². The van der Waals surface area contributed by atoms with Gasteiger partial charge in [-0.2, -0.15) is 0 Å². The molecule has 1 radical (unpaired) electrons. The summed E-state index contributed by atoms with van der Waals surface area (Å²) in [6.07, 6.45) is 0. The lowest BCUT2D eigenvalue weighted by Crippen LogP contribution is -1.91. The number of benzene rings is 2. The van der Waals surface area contributed by atoms with Crippen LogP contribution in [-0.2, 0) is 0 Å². The molecule has 2 rings (SSSR count). The highest BCUT2D eigenvalue weighted by Gasteiger charge is 2.14. The van der Waals surface area contributed by atoms with Crippen molar-refractivity contribution in [2.45, 2.75) is 0 Å². The minimum Gasteiger partial charge on any atom is -0.258 e. The first-order chi connectivity index (χ1) is 7.68. The van der Waals surface area contributed by atoms with Crippen molar-refractivity contribution in [3.63, 3.8) is 0 Å². The zero-order valence-electron chi connectivity index (χ0n) is 8.18. The van der Waals surface area contributed by atoms with Crippen molar-refractivity contribution in [1.29, 1.82) is 0 Å². The Morgan fingerprint density at radius 1 is 1.31 bits per heavy atom. The van der Waals surface area contributed by atoms with Crippen LogP contribution in [0.1, 0.15) is 0 Å². The molecule has 0 aliphatic rings. The summed E-state index contributed by atoms with van der Waals surface area (Å²) in [5, 5.41) is 10.8. The van der Waals surface area contributed by atoms with Crippen LogP contribution in [0.25, 0.3) is 11.1 Å². The second-order valence-electron chi connectivity index (χ2n) is 3.21. The molecular formula is C12H7FNO2. The number of rotatable bonds is 2. The third-order valence-electron chi connectivity index (χ3n) is 2.17. The number of nitro benzene ring substituents is 1. The molecule has 2 aromatic carbocycles. The average molecular weight is 216 g/mol. The maximum atomic E-state index is 13.0. The molecule has 0 fully saturated rings. The number of hydrogen-bond acceptors (Lipinski definition) is 2. The van der Waals surface area contributed by atoms with Gasteiger partial charge in [-0.25, -0.2) is 4.39 Å². The van der Waals surface area contributed by atoms with Crippen LogP contribution in [0, 0.1) is 22.0 Å². The Hall–Kier alpha value is -2.23. The van der Waals surface area contributed by atoms with E-state index in [1.165, 1.54) is 24.3 Å². The molecule has 0 aliphatic carbocycles. The van der Waals surface area contributed by atoms with Crippen molar-refractivity contribution in [2.75, 3.05) is 0 Å². The highest BCUT2D eigenvalue weighted by atomic mass is 19.1. The smallest absolute Gasteiger partial charge is 0.258 e. The molecule has 0 unspecified atom stereocenters. The van der Waals surface area contributed by atoms with Crippen LogP contribution in [0.2, 0.25) is 0 Å². The average Bonchev–Trinajstić information content (AvgIpc) is 2.29. The predicted octanol–water partition coefficient (Wildman–Crippen LogP) is 3.20. The Labute approximate surface area is 91.3 Å². The van der Waals surface area contributed by atoms with E-state index in [0.717, 1.165) is 0 Å². The lowest BCUT2D eigenvalue weighted by molar-refractivity contribution is -0.384. The second kappa shape index (κ2) is 4.10. The normalized spacial score (nSPS) is 10.1. The summed E-state index contributed by atoms with van der Waals surface area (Å²) in [7, 11) is 0. The molecular weight excluding hydrogens is 209 g/mol. The number of nitro groups is 1. The maximum Gasteiger partial charge on any atom is 0.277 e. The predicted molar refractivity (Wildman–Crippen MR) is 57.3 cm³/mol. The van der Waals surface area contributed by atoms with E-state index in [4.69, 9.17) is 0 Å². The van der Waals surface area contributed by atoms with E-state index in [-0.39, 0.29) is 5.69 Å². The number of hydrogen-bond donors (Lipinski definition) is 0. The van der Waals surface area contributed by atoms with Crippen molar-refractivity contribution >= 4 is 5.69 Å². The first kappa shape index (κ1) is 10.3. The fraction of sp³-hybridized carbons (Fsp3) is 0. The topological polar surface area (TPSA) is 43.1 Å². The lowest BCUT2D eigenvalue weighted by Gasteiger charge is -2.02. The van der Waals surface area contributed by atoms with E-state index < -0.39 is 10.7 Å². The minimum absolute atomic E-state index is 0.0758. The molecule has 0 saturated carbocycles. The van der Waals surface area contributed by atoms with Crippen LogP contribution in [0.3, 0.4) is 0 Å². The number of halogens is 1. The zero-order chi connectivity index (χ0) is 11.5. The molecule has 3 nitrogen and oxygen atoms in total. The molecule has 0 aliphatic heterocycles. The molecule has 0 bridgehead atoms. The lowest BCUT2D eigenvalue weighted by atomic mass is 10.0. The zero-order valence-corrected chi connectivity index (χ0v) is 8.18. The van der Waals surface area contributed by atoms with Crippen LogP contribution in [0.5, 0.6) is 0 Å². The number of nitrogens with zero attached hydrogens (tertiary/aromatic N) is 1. The molecule has 0 aromatic heterocycles. The second-order valence-corrected chi connectivity index (χ2v) is 3.21. The van der Waals surface area contributed by atoms with Gasteiger partial charge in [0.2, 0.25) is 0 Å². The van der Waals surface area contributed by atoms with E-state index in [1.807, 2.05) is 0 Å². The summed E-state index contributed by atoms with van der Waals surface area (Å²) in [5.74, 6) is -0.417. The summed E-state index contributed by atoms with van der Waals surface area (Å²) in [4.78, 5) is 10.3. The van der Waals surface area contributed by atoms with E-state index in [1.54, 1.807) is 18.2 Å². The molecule has 0 spiro atoms. The molecule has 0 atom stereocenters. The van der Waals surface area contributed by atoms with Gasteiger partial charge in [0.1, 0.15) is 5.82 Å². The fourth-order valence-corrected chi connectivity index (χ4v) is 1.47. The molecule has 0 heterocycles. The maximum absolute atomic E-state index is 13.0. The molecule has 4 heteroatoms. The largest absolute Gasteiger partial charge is 0.277 e. The van der Waals surface area contributed by atoms with E-state index in [0.29, 0.717) is 11.1 Å². The first-order valence-corrected chi connectivity index (χ1v) is 4.59. The van der Waals surface area contributed by atoms with Gasteiger partial charge in [-0.1, -0.05) is 18.2 Å². The highest BCUT2D eigenvalue weighted by molar-refractivity contribution is 5.73. The monoisotopic (exact) mass is 216 g/mol. The van der Waals surface area contributed by atoms with Crippen molar-refractivity contribution < 1.29 is 9.31 Å². The Kier molecular flexibility index (Phi) is 2.64.